The van der Waals surface area contributed by atoms with Crippen LogP contribution in [0.3, 0.4) is 0 Å². The van der Waals surface area contributed by atoms with Crippen molar-refractivity contribution in [3.8, 4) is 0 Å². The normalized spacial score (nSPS) is 17.0. The number of aryl methyl sites for hydroxylation is 2. The Balaban J connectivity index is 1.68. The molecule has 0 unspecified atom stereocenters. The molecule has 1 saturated heterocycles. The zero-order chi connectivity index (χ0) is 18.8. The largest absolute Gasteiger partial charge is 0.357 e. The highest BCUT2D eigenvalue weighted by molar-refractivity contribution is 5.80. The average Bonchev–Trinajstić information content (AvgIpc) is 3.01. The van der Waals surface area contributed by atoms with Crippen LogP contribution in [0.15, 0.2) is 17.4 Å². The van der Waals surface area contributed by atoms with Gasteiger partial charge in [0.1, 0.15) is 5.82 Å². The molecular weight excluding hydrogens is 338 g/mol. The summed E-state index contributed by atoms with van der Waals surface area (Å²) in [5, 5.41) is 6.73. The van der Waals surface area contributed by atoms with Crippen molar-refractivity contribution in [2.75, 3.05) is 32.7 Å². The van der Waals surface area contributed by atoms with Crippen molar-refractivity contribution >= 4 is 5.96 Å². The van der Waals surface area contributed by atoms with E-state index in [0.717, 1.165) is 57.1 Å². The summed E-state index contributed by atoms with van der Waals surface area (Å²) in [6, 6.07) is 0.301. The molecule has 0 atom stereocenters. The predicted molar refractivity (Wildman–Crippen MR) is 101 cm³/mol. The van der Waals surface area contributed by atoms with Crippen molar-refractivity contribution in [2.45, 2.75) is 58.5 Å². The van der Waals surface area contributed by atoms with Crippen molar-refractivity contribution in [2.24, 2.45) is 4.99 Å². The molecule has 0 amide bonds. The summed E-state index contributed by atoms with van der Waals surface area (Å²) in [5.74, 6) is 1.88. The standard InChI is InChI=1S/C18H32F2N6/c1-3-21-18(23-8-4-5-10-26-13-9-22-15(26)2)24-16-6-11-25(12-7-16)14-17(19)20/h9,13,16-17H,3-8,10-12,14H2,1-2H3,(H2,21,23,24). The zero-order valence-electron chi connectivity index (χ0n) is 15.9. The molecule has 1 aliphatic rings. The number of likely N-dealkylation sites (tertiary alicyclic amines) is 1. The Morgan fingerprint density at radius 2 is 2.12 bits per heavy atom. The third-order valence-electron chi connectivity index (χ3n) is 4.67. The molecule has 26 heavy (non-hydrogen) atoms. The van der Waals surface area contributed by atoms with Crippen molar-refractivity contribution in [1.29, 1.82) is 0 Å². The number of imidazole rings is 1. The number of rotatable bonds is 9. The highest BCUT2D eigenvalue weighted by Gasteiger charge is 2.21. The van der Waals surface area contributed by atoms with Gasteiger partial charge >= 0.3 is 0 Å². The number of aliphatic imine (C=N–C) groups is 1. The lowest BCUT2D eigenvalue weighted by molar-refractivity contribution is 0.0744. The second kappa shape index (κ2) is 11.1. The fourth-order valence-corrected chi connectivity index (χ4v) is 3.19. The lowest BCUT2D eigenvalue weighted by Crippen LogP contribution is -2.49. The average molecular weight is 370 g/mol. The van der Waals surface area contributed by atoms with Gasteiger partial charge in [-0.05, 0) is 39.5 Å². The minimum absolute atomic E-state index is 0.114. The van der Waals surface area contributed by atoms with Crippen molar-refractivity contribution < 1.29 is 8.78 Å². The van der Waals surface area contributed by atoms with E-state index in [2.05, 4.69) is 25.2 Å². The summed E-state index contributed by atoms with van der Waals surface area (Å²) in [7, 11) is 0. The molecule has 0 spiro atoms. The van der Waals surface area contributed by atoms with Gasteiger partial charge in [-0.3, -0.25) is 9.89 Å². The van der Waals surface area contributed by atoms with E-state index in [1.807, 2.05) is 31.1 Å². The van der Waals surface area contributed by atoms with Crippen LogP contribution in [0.2, 0.25) is 0 Å². The number of nitrogens with one attached hydrogen (secondary N) is 2. The molecule has 2 heterocycles. The summed E-state index contributed by atoms with van der Waals surface area (Å²) in [6.07, 6.45) is 5.41. The van der Waals surface area contributed by atoms with E-state index in [1.54, 1.807) is 0 Å². The number of nitrogens with zero attached hydrogens (tertiary/aromatic N) is 4. The molecule has 1 fully saturated rings. The number of aromatic nitrogens is 2. The quantitative estimate of drug-likeness (QED) is 0.398. The predicted octanol–water partition coefficient (Wildman–Crippen LogP) is 2.26. The summed E-state index contributed by atoms with van der Waals surface area (Å²) in [5.41, 5.74) is 0. The molecule has 1 aliphatic heterocycles. The third kappa shape index (κ3) is 7.27. The van der Waals surface area contributed by atoms with E-state index in [9.17, 15) is 8.78 Å². The maximum Gasteiger partial charge on any atom is 0.251 e. The first-order valence-electron chi connectivity index (χ1n) is 9.61. The lowest BCUT2D eigenvalue weighted by Gasteiger charge is -2.32. The van der Waals surface area contributed by atoms with Crippen molar-refractivity contribution in [1.82, 2.24) is 25.1 Å². The molecule has 1 aromatic heterocycles. The highest BCUT2D eigenvalue weighted by atomic mass is 19.3. The Hall–Kier alpha value is -1.70. The molecule has 8 heteroatoms. The van der Waals surface area contributed by atoms with E-state index in [-0.39, 0.29) is 6.54 Å². The molecule has 0 aromatic carbocycles. The van der Waals surface area contributed by atoms with Gasteiger partial charge in [-0.15, -0.1) is 0 Å². The molecule has 2 N–H and O–H groups in total. The van der Waals surface area contributed by atoms with Gasteiger partial charge in [0.15, 0.2) is 5.96 Å². The van der Waals surface area contributed by atoms with Crippen LogP contribution in [-0.2, 0) is 6.54 Å². The van der Waals surface area contributed by atoms with Crippen LogP contribution in [0, 0.1) is 6.92 Å². The molecular formula is C18H32F2N6. The zero-order valence-corrected chi connectivity index (χ0v) is 15.9. The minimum atomic E-state index is -2.25. The van der Waals surface area contributed by atoms with Gasteiger partial charge in [0, 0.05) is 51.2 Å². The monoisotopic (exact) mass is 370 g/mol. The van der Waals surface area contributed by atoms with Crippen LogP contribution >= 0.6 is 0 Å². The highest BCUT2D eigenvalue weighted by Crippen LogP contribution is 2.11. The lowest BCUT2D eigenvalue weighted by atomic mass is 10.1. The van der Waals surface area contributed by atoms with Crippen LogP contribution < -0.4 is 10.6 Å². The number of hydrogen-bond acceptors (Lipinski definition) is 3. The van der Waals surface area contributed by atoms with E-state index in [1.165, 1.54) is 0 Å². The van der Waals surface area contributed by atoms with Gasteiger partial charge < -0.3 is 15.2 Å². The van der Waals surface area contributed by atoms with Crippen molar-refractivity contribution in [3.05, 3.63) is 18.2 Å². The minimum Gasteiger partial charge on any atom is -0.357 e. The molecule has 2 rings (SSSR count). The molecule has 148 valence electrons. The fraction of sp³-hybridized carbons (Fsp3) is 0.778. The molecule has 0 saturated carbocycles. The van der Waals surface area contributed by atoms with E-state index >= 15 is 0 Å². The van der Waals surface area contributed by atoms with Gasteiger partial charge in [-0.25, -0.2) is 13.8 Å². The van der Waals surface area contributed by atoms with Gasteiger partial charge in [0.2, 0.25) is 0 Å². The fourth-order valence-electron chi connectivity index (χ4n) is 3.19. The van der Waals surface area contributed by atoms with E-state index in [0.29, 0.717) is 19.1 Å². The first kappa shape index (κ1) is 20.6. The number of alkyl halides is 2. The van der Waals surface area contributed by atoms with Crippen molar-refractivity contribution in [3.63, 3.8) is 0 Å². The molecule has 1 aromatic rings. The van der Waals surface area contributed by atoms with Crippen LogP contribution in [0.25, 0.3) is 0 Å². The van der Waals surface area contributed by atoms with Gasteiger partial charge in [-0.1, -0.05) is 0 Å². The summed E-state index contributed by atoms with van der Waals surface area (Å²) in [4.78, 5) is 10.7. The molecule has 6 nitrogen and oxygen atoms in total. The third-order valence-corrected chi connectivity index (χ3v) is 4.67. The Morgan fingerprint density at radius 1 is 1.35 bits per heavy atom. The second-order valence-electron chi connectivity index (χ2n) is 6.75. The van der Waals surface area contributed by atoms with Gasteiger partial charge in [0.05, 0.1) is 6.54 Å². The Morgan fingerprint density at radius 3 is 2.73 bits per heavy atom. The molecule has 0 radical (unpaired) electrons. The Bertz CT molecular complexity index is 538. The van der Waals surface area contributed by atoms with E-state index in [4.69, 9.17) is 0 Å². The van der Waals surface area contributed by atoms with Gasteiger partial charge in [0.25, 0.3) is 6.43 Å². The van der Waals surface area contributed by atoms with E-state index < -0.39 is 6.43 Å². The first-order chi connectivity index (χ1) is 12.6. The summed E-state index contributed by atoms with van der Waals surface area (Å²) in [6.45, 7) is 7.92. The number of guanidine groups is 1. The van der Waals surface area contributed by atoms with Gasteiger partial charge in [-0.2, -0.15) is 0 Å². The van der Waals surface area contributed by atoms with Crippen LogP contribution in [0.4, 0.5) is 8.78 Å². The maximum atomic E-state index is 12.4. The van der Waals surface area contributed by atoms with Crippen LogP contribution in [0.1, 0.15) is 38.4 Å². The number of halogens is 2. The first-order valence-corrected chi connectivity index (χ1v) is 9.61. The number of hydrogen-bond donors (Lipinski definition) is 2. The van der Waals surface area contributed by atoms with Crippen LogP contribution in [0.5, 0.6) is 0 Å². The maximum absolute atomic E-state index is 12.4. The molecule has 0 bridgehead atoms. The molecule has 0 aliphatic carbocycles. The second-order valence-corrected chi connectivity index (χ2v) is 6.75. The number of piperidine rings is 1. The van der Waals surface area contributed by atoms with Crippen LogP contribution in [-0.4, -0.2) is 65.6 Å². The SMILES string of the molecule is CCNC(=NCCCCn1ccnc1C)NC1CCN(CC(F)F)CC1. The smallest absolute Gasteiger partial charge is 0.251 e. The Labute approximate surface area is 155 Å². The summed E-state index contributed by atoms with van der Waals surface area (Å²) < 4.78 is 27.1. The Kier molecular flexibility index (Phi) is 8.80. The topological polar surface area (TPSA) is 57.5 Å². The number of unbranched alkanes of at least 4 members (excludes halogenated alkanes) is 1. The summed E-state index contributed by atoms with van der Waals surface area (Å²) >= 11 is 0.